The van der Waals surface area contributed by atoms with Crippen LogP contribution in [-0.2, 0) is 22.3 Å². The molecule has 1 spiro atoms. The molecule has 2 aliphatic rings. The summed E-state index contributed by atoms with van der Waals surface area (Å²) < 4.78 is 52.0. The summed E-state index contributed by atoms with van der Waals surface area (Å²) >= 11 is 0. The third-order valence-corrected chi connectivity index (χ3v) is 10.5. The summed E-state index contributed by atoms with van der Waals surface area (Å²) in [7, 11) is -1.41. The molecule has 0 unspecified atom stereocenters. The molecule has 1 saturated heterocycles. The summed E-state index contributed by atoms with van der Waals surface area (Å²) in [5.41, 5.74) is 0.215. The predicted octanol–water partition coefficient (Wildman–Crippen LogP) is 4.50. The third kappa shape index (κ3) is 4.25. The normalized spacial score (nSPS) is 20.1. The molecule has 0 bridgehead atoms. The SMILES string of the molecule is Cc1c(C(F)F)cccc1[C@@H](C)Nc1ncnc2c1cc(C1(C#N)CCC3(CC1)CS(=O)(=O)C3)c(=O)n2C. The molecule has 3 aromatic rings. The highest BCUT2D eigenvalue weighted by Crippen LogP contribution is 2.51. The Balaban J connectivity index is 1.53. The van der Waals surface area contributed by atoms with E-state index in [0.29, 0.717) is 59.2 Å². The van der Waals surface area contributed by atoms with Gasteiger partial charge < -0.3 is 5.32 Å². The minimum Gasteiger partial charge on any atom is -0.363 e. The molecule has 2 fully saturated rings. The molecule has 3 heterocycles. The fourth-order valence-electron chi connectivity index (χ4n) is 6.22. The number of fused-ring (bicyclic) bond motifs is 1. The number of nitrogens with zero attached hydrogens (tertiary/aromatic N) is 4. The average molecular weight is 542 g/mol. The first-order valence-electron chi connectivity index (χ1n) is 12.5. The number of pyridine rings is 1. The lowest BCUT2D eigenvalue weighted by atomic mass is 9.62. The summed E-state index contributed by atoms with van der Waals surface area (Å²) in [6.45, 7) is 3.51. The molecule has 11 heteroatoms. The number of hydrogen-bond acceptors (Lipinski definition) is 7. The fourth-order valence-corrected chi connectivity index (χ4v) is 8.57. The molecular formula is C27H29F2N5O3S. The van der Waals surface area contributed by atoms with Gasteiger partial charge in [-0.05, 0) is 62.1 Å². The first-order valence-corrected chi connectivity index (χ1v) is 14.3. The van der Waals surface area contributed by atoms with Crippen molar-refractivity contribution in [3.63, 3.8) is 0 Å². The van der Waals surface area contributed by atoms with Gasteiger partial charge in [-0.2, -0.15) is 5.26 Å². The van der Waals surface area contributed by atoms with Crippen LogP contribution in [0.2, 0.25) is 0 Å². The van der Waals surface area contributed by atoms with Crippen molar-refractivity contribution in [3.8, 4) is 6.07 Å². The Hall–Kier alpha value is -3.39. The standard InChI is InChI=1S/C27H29F2N5O3S/c1-16-18(5-4-6-19(16)22(28)29)17(2)33-23-20-11-21(25(35)34(3)24(20)32-15-31-23)27(12-30)9-7-26(8-10-27)13-38(36,37)14-26/h4-6,11,15,17,22H,7-10,13-14H2,1-3H3,(H,31,32,33)/t17-/m1/s1. The maximum absolute atomic E-state index is 13.5. The Morgan fingerprint density at radius 2 is 1.79 bits per heavy atom. The van der Waals surface area contributed by atoms with Crippen LogP contribution in [0, 0.1) is 23.7 Å². The van der Waals surface area contributed by atoms with Crippen molar-refractivity contribution in [2.75, 3.05) is 16.8 Å². The number of nitrogens with one attached hydrogen (secondary N) is 1. The first-order chi connectivity index (χ1) is 17.9. The highest BCUT2D eigenvalue weighted by Gasteiger charge is 2.54. The van der Waals surface area contributed by atoms with E-state index >= 15 is 0 Å². The van der Waals surface area contributed by atoms with E-state index in [1.807, 2.05) is 6.92 Å². The van der Waals surface area contributed by atoms with Crippen LogP contribution in [0.15, 0.2) is 35.4 Å². The number of benzene rings is 1. The quantitative estimate of drug-likeness (QED) is 0.505. The highest BCUT2D eigenvalue weighted by molar-refractivity contribution is 7.92. The molecule has 200 valence electrons. The number of sulfone groups is 1. The molecular weight excluding hydrogens is 512 g/mol. The number of hydrogen-bond donors (Lipinski definition) is 1. The van der Waals surface area contributed by atoms with Crippen molar-refractivity contribution >= 4 is 26.7 Å². The molecule has 0 radical (unpaired) electrons. The number of nitriles is 1. The van der Waals surface area contributed by atoms with E-state index in [0.717, 1.165) is 0 Å². The van der Waals surface area contributed by atoms with Gasteiger partial charge in [0.1, 0.15) is 17.8 Å². The second kappa shape index (κ2) is 9.12. The second-order valence-electron chi connectivity index (χ2n) is 10.8. The average Bonchev–Trinajstić information content (AvgIpc) is 2.86. The van der Waals surface area contributed by atoms with Crippen molar-refractivity contribution in [2.24, 2.45) is 12.5 Å². The zero-order chi connectivity index (χ0) is 27.5. The first kappa shape index (κ1) is 26.2. The molecule has 1 saturated carbocycles. The lowest BCUT2D eigenvalue weighted by Gasteiger charge is -2.48. The molecule has 5 rings (SSSR count). The molecule has 1 aliphatic heterocycles. The molecule has 0 amide bonds. The number of halogens is 2. The highest BCUT2D eigenvalue weighted by atomic mass is 32.2. The van der Waals surface area contributed by atoms with Gasteiger partial charge in [0.25, 0.3) is 12.0 Å². The monoisotopic (exact) mass is 541 g/mol. The van der Waals surface area contributed by atoms with Crippen LogP contribution in [-0.4, -0.2) is 34.5 Å². The summed E-state index contributed by atoms with van der Waals surface area (Å²) in [6, 6.07) is 8.47. The maximum atomic E-state index is 13.5. The topological polar surface area (TPSA) is 118 Å². The van der Waals surface area contributed by atoms with Crippen molar-refractivity contribution < 1.29 is 17.2 Å². The third-order valence-electron chi connectivity index (χ3n) is 8.42. The van der Waals surface area contributed by atoms with Crippen molar-refractivity contribution in [1.82, 2.24) is 14.5 Å². The van der Waals surface area contributed by atoms with Crippen molar-refractivity contribution in [1.29, 1.82) is 5.26 Å². The van der Waals surface area contributed by atoms with Gasteiger partial charge in [-0.3, -0.25) is 9.36 Å². The van der Waals surface area contributed by atoms with E-state index in [9.17, 15) is 27.3 Å². The second-order valence-corrected chi connectivity index (χ2v) is 12.9. The minimum absolute atomic E-state index is 0.0290. The zero-order valence-corrected chi connectivity index (χ0v) is 22.3. The van der Waals surface area contributed by atoms with Crippen molar-refractivity contribution in [3.05, 3.63) is 63.2 Å². The van der Waals surface area contributed by atoms with Crippen LogP contribution >= 0.6 is 0 Å². The van der Waals surface area contributed by atoms with Crippen LogP contribution in [0.25, 0.3) is 11.0 Å². The van der Waals surface area contributed by atoms with Gasteiger partial charge in [-0.25, -0.2) is 27.2 Å². The molecule has 1 atom stereocenters. The lowest BCUT2D eigenvalue weighted by Crippen LogP contribution is -2.53. The summed E-state index contributed by atoms with van der Waals surface area (Å²) in [5.74, 6) is 0.707. The van der Waals surface area contributed by atoms with Gasteiger partial charge in [-0.15, -0.1) is 0 Å². The van der Waals surface area contributed by atoms with E-state index < -0.39 is 21.7 Å². The Morgan fingerprint density at radius 1 is 1.13 bits per heavy atom. The van der Waals surface area contributed by atoms with Crippen LogP contribution in [0.3, 0.4) is 0 Å². The predicted molar refractivity (Wildman–Crippen MR) is 140 cm³/mol. The van der Waals surface area contributed by atoms with Gasteiger partial charge in [0.05, 0.1) is 34.4 Å². The molecule has 8 nitrogen and oxygen atoms in total. The van der Waals surface area contributed by atoms with E-state index in [-0.39, 0.29) is 34.1 Å². The van der Waals surface area contributed by atoms with Gasteiger partial charge >= 0.3 is 0 Å². The number of anilines is 1. The van der Waals surface area contributed by atoms with E-state index in [1.165, 1.54) is 17.0 Å². The number of rotatable bonds is 5. The Kier molecular flexibility index (Phi) is 6.29. The number of aromatic nitrogens is 3. The van der Waals surface area contributed by atoms with Gasteiger partial charge in [0.15, 0.2) is 9.84 Å². The van der Waals surface area contributed by atoms with Crippen LogP contribution in [0.5, 0.6) is 0 Å². The summed E-state index contributed by atoms with van der Waals surface area (Å²) in [4.78, 5) is 22.1. The Labute approximate surface area is 219 Å². The molecule has 38 heavy (non-hydrogen) atoms. The van der Waals surface area contributed by atoms with Gasteiger partial charge in [0.2, 0.25) is 0 Å². The molecule has 1 aliphatic carbocycles. The van der Waals surface area contributed by atoms with Crippen LogP contribution < -0.4 is 10.9 Å². The smallest absolute Gasteiger partial charge is 0.264 e. The number of aryl methyl sites for hydroxylation is 1. The summed E-state index contributed by atoms with van der Waals surface area (Å²) in [5, 5.41) is 14.1. The minimum atomic E-state index is -3.01. The van der Waals surface area contributed by atoms with E-state index in [4.69, 9.17) is 0 Å². The molecule has 1 N–H and O–H groups in total. The Bertz CT molecular complexity index is 1620. The van der Waals surface area contributed by atoms with Gasteiger partial charge in [-0.1, -0.05) is 18.2 Å². The molecule has 1 aromatic carbocycles. The lowest BCUT2D eigenvalue weighted by molar-refractivity contribution is 0.150. The van der Waals surface area contributed by atoms with Crippen LogP contribution in [0.4, 0.5) is 14.6 Å². The Morgan fingerprint density at radius 3 is 2.39 bits per heavy atom. The summed E-state index contributed by atoms with van der Waals surface area (Å²) in [6.07, 6.45) is 0.664. The number of alkyl halides is 2. The molecule has 2 aromatic heterocycles. The fraction of sp³-hybridized carbons (Fsp3) is 0.481. The largest absolute Gasteiger partial charge is 0.363 e. The van der Waals surface area contributed by atoms with Gasteiger partial charge in [0, 0.05) is 18.2 Å². The zero-order valence-electron chi connectivity index (χ0n) is 21.5. The van der Waals surface area contributed by atoms with E-state index in [1.54, 1.807) is 32.2 Å². The van der Waals surface area contributed by atoms with E-state index in [2.05, 4.69) is 21.4 Å². The van der Waals surface area contributed by atoms with Crippen molar-refractivity contribution in [2.45, 2.75) is 57.4 Å². The van der Waals surface area contributed by atoms with Crippen LogP contribution in [0.1, 0.15) is 67.3 Å². The maximum Gasteiger partial charge on any atom is 0.264 e.